The van der Waals surface area contributed by atoms with Gasteiger partial charge in [-0.3, -0.25) is 4.79 Å². The van der Waals surface area contributed by atoms with E-state index in [4.69, 9.17) is 0 Å². The van der Waals surface area contributed by atoms with Crippen molar-refractivity contribution < 1.29 is 14.8 Å². The second-order valence-corrected chi connectivity index (χ2v) is 7.37. The Morgan fingerprint density at radius 3 is 3.08 bits per heavy atom. The molecule has 4 N–H and O–H groups in total. The smallest absolute Gasteiger partial charge is 0.232 e. The Bertz CT molecular complexity index is 835. The van der Waals surface area contributed by atoms with E-state index in [1.54, 1.807) is 0 Å². The third-order valence-corrected chi connectivity index (χ3v) is 5.81. The molecule has 4 rings (SSSR count). The van der Waals surface area contributed by atoms with E-state index in [1.165, 1.54) is 32.5 Å². The number of aromatic nitrogens is 1. The van der Waals surface area contributed by atoms with Gasteiger partial charge in [0.1, 0.15) is 12.0 Å². The number of rotatable bonds is 4. The summed E-state index contributed by atoms with van der Waals surface area (Å²) in [6.45, 7) is 2.75. The summed E-state index contributed by atoms with van der Waals surface area (Å²) in [7, 11) is 2.18. The third-order valence-electron chi connectivity index (χ3n) is 5.81. The molecular weight excluding hydrogens is 314 g/mol. The van der Waals surface area contributed by atoms with Gasteiger partial charge in [-0.1, -0.05) is 25.1 Å². The Hall–Kier alpha value is -2.11. The number of aromatic amines is 1. The molecule has 1 aromatic heterocycles. The first-order valence-electron chi connectivity index (χ1n) is 9.17. The number of carbonyl (C=O) groups is 1. The van der Waals surface area contributed by atoms with Crippen molar-refractivity contribution >= 4 is 22.4 Å². The van der Waals surface area contributed by atoms with Crippen molar-refractivity contribution in [1.82, 2.24) is 10.3 Å². The van der Waals surface area contributed by atoms with Crippen LogP contribution in [-0.2, 0) is 11.2 Å². The summed E-state index contributed by atoms with van der Waals surface area (Å²) in [5, 5.41) is 13.7. The van der Waals surface area contributed by atoms with E-state index in [1.807, 2.05) is 6.92 Å². The second kappa shape index (κ2) is 6.32. The predicted octanol–water partition coefficient (Wildman–Crippen LogP) is 0.508. The molecule has 132 valence electrons. The zero-order valence-corrected chi connectivity index (χ0v) is 14.8. The Morgan fingerprint density at radius 1 is 1.48 bits per heavy atom. The fourth-order valence-electron chi connectivity index (χ4n) is 4.34. The van der Waals surface area contributed by atoms with Crippen LogP contribution in [0.25, 0.3) is 16.5 Å². The molecule has 0 saturated heterocycles. The van der Waals surface area contributed by atoms with Crippen molar-refractivity contribution in [3.05, 3.63) is 41.6 Å². The average Bonchev–Trinajstić information content (AvgIpc) is 3.04. The van der Waals surface area contributed by atoms with Crippen LogP contribution < -0.4 is 10.2 Å². The molecule has 2 heterocycles. The van der Waals surface area contributed by atoms with E-state index in [-0.39, 0.29) is 24.5 Å². The van der Waals surface area contributed by atoms with Gasteiger partial charge >= 0.3 is 0 Å². The molecule has 25 heavy (non-hydrogen) atoms. The Morgan fingerprint density at radius 2 is 2.32 bits per heavy atom. The first-order valence-corrected chi connectivity index (χ1v) is 9.17. The molecule has 5 nitrogen and oxygen atoms in total. The van der Waals surface area contributed by atoms with Crippen LogP contribution in [0.2, 0.25) is 0 Å². The predicted molar refractivity (Wildman–Crippen MR) is 98.3 cm³/mol. The molecule has 0 radical (unpaired) electrons. The molecule has 0 spiro atoms. The van der Waals surface area contributed by atoms with Gasteiger partial charge in [-0.05, 0) is 23.6 Å². The maximum atomic E-state index is 12.7. The van der Waals surface area contributed by atoms with Crippen molar-refractivity contribution in [3.8, 4) is 0 Å². The molecule has 1 amide bonds. The van der Waals surface area contributed by atoms with Crippen LogP contribution in [0.3, 0.4) is 0 Å². The lowest BCUT2D eigenvalue weighted by Gasteiger charge is -2.36. The number of quaternary nitrogens is 1. The van der Waals surface area contributed by atoms with Crippen LogP contribution in [-0.4, -0.2) is 48.3 Å². The topological polar surface area (TPSA) is 69.6 Å². The molecule has 4 atom stereocenters. The summed E-state index contributed by atoms with van der Waals surface area (Å²) in [5.74, 6) is -0.124. The number of nitrogens with one attached hydrogen (secondary N) is 3. The monoisotopic (exact) mass is 340 g/mol. The largest absolute Gasteiger partial charge is 0.394 e. The van der Waals surface area contributed by atoms with Crippen molar-refractivity contribution in [2.75, 3.05) is 20.2 Å². The number of hydrogen-bond donors (Lipinski definition) is 4. The van der Waals surface area contributed by atoms with Gasteiger partial charge in [0.05, 0.1) is 26.2 Å². The summed E-state index contributed by atoms with van der Waals surface area (Å²) in [6, 6.07) is 6.61. The first kappa shape index (κ1) is 16.4. The number of benzene rings is 1. The fraction of sp³-hybridized carbons (Fsp3) is 0.450. The van der Waals surface area contributed by atoms with Gasteiger partial charge in [0, 0.05) is 29.1 Å². The zero-order chi connectivity index (χ0) is 17.6. The Labute approximate surface area is 147 Å². The van der Waals surface area contributed by atoms with Crippen molar-refractivity contribution in [2.45, 2.75) is 31.8 Å². The van der Waals surface area contributed by atoms with Crippen LogP contribution >= 0.6 is 0 Å². The van der Waals surface area contributed by atoms with Gasteiger partial charge in [0.25, 0.3) is 0 Å². The Balaban J connectivity index is 1.71. The van der Waals surface area contributed by atoms with E-state index >= 15 is 0 Å². The quantitative estimate of drug-likeness (QED) is 0.655. The Kier molecular flexibility index (Phi) is 4.13. The molecule has 5 heteroatoms. The molecule has 1 unspecified atom stereocenters. The van der Waals surface area contributed by atoms with Crippen LogP contribution in [0.15, 0.2) is 30.5 Å². The number of fused-ring (bicyclic) bond motifs is 2. The van der Waals surface area contributed by atoms with Gasteiger partial charge in [0.15, 0.2) is 0 Å². The minimum atomic E-state index is -0.157. The van der Waals surface area contributed by atoms with Crippen LogP contribution in [0, 0.1) is 5.92 Å². The molecule has 1 aliphatic heterocycles. The number of aliphatic hydroxyl groups is 1. The molecule has 2 aromatic rings. The van der Waals surface area contributed by atoms with E-state index in [9.17, 15) is 9.90 Å². The van der Waals surface area contributed by atoms with Gasteiger partial charge in [-0.15, -0.1) is 0 Å². The minimum Gasteiger partial charge on any atom is -0.394 e. The van der Waals surface area contributed by atoms with Crippen molar-refractivity contribution in [2.24, 2.45) is 5.92 Å². The fourth-order valence-corrected chi connectivity index (χ4v) is 4.34. The lowest BCUT2D eigenvalue weighted by atomic mass is 9.80. The number of H-pyrrole nitrogens is 1. The number of aliphatic hydroxyl groups excluding tert-OH is 1. The van der Waals surface area contributed by atoms with E-state index in [0.717, 1.165) is 19.4 Å². The highest BCUT2D eigenvalue weighted by Gasteiger charge is 2.38. The van der Waals surface area contributed by atoms with E-state index in [2.05, 4.69) is 47.8 Å². The SMILES string of the molecule is CC[C@H](CO)NC(=O)[C@H]1C=C2c3cccc4[nH]cc(c34)C[C@H]2[NH+](C)C1. The number of hydrogen-bond acceptors (Lipinski definition) is 2. The summed E-state index contributed by atoms with van der Waals surface area (Å²) < 4.78 is 0. The molecule has 0 fully saturated rings. The summed E-state index contributed by atoms with van der Waals surface area (Å²) in [6.07, 6.45) is 6.05. The standard InChI is InChI=1S/C20H25N3O2/c1-3-14(11-24)22-20(25)13-7-16-15-5-4-6-17-19(15)12(9-21-17)8-18(16)23(2)10-13/h4-7,9,13-14,18,21,24H,3,8,10-11H2,1-2H3,(H,22,25)/p+1/t13-,14+,18+/m0/s1. The normalized spacial score (nSPS) is 26.0. The molecule has 2 aliphatic rings. The van der Waals surface area contributed by atoms with Gasteiger partial charge < -0.3 is 20.3 Å². The van der Waals surface area contributed by atoms with Crippen molar-refractivity contribution in [3.63, 3.8) is 0 Å². The zero-order valence-electron chi connectivity index (χ0n) is 14.8. The lowest BCUT2D eigenvalue weighted by Crippen LogP contribution is -3.15. The van der Waals surface area contributed by atoms with Gasteiger partial charge in [-0.2, -0.15) is 0 Å². The lowest BCUT2D eigenvalue weighted by molar-refractivity contribution is -0.900. The maximum absolute atomic E-state index is 12.7. The maximum Gasteiger partial charge on any atom is 0.232 e. The second-order valence-electron chi connectivity index (χ2n) is 7.37. The minimum absolute atomic E-state index is 0.0110. The molecule has 1 aliphatic carbocycles. The highest BCUT2D eigenvalue weighted by atomic mass is 16.3. The average molecular weight is 340 g/mol. The first-order chi connectivity index (χ1) is 12.1. The molecule has 0 saturated carbocycles. The van der Waals surface area contributed by atoms with E-state index < -0.39 is 0 Å². The van der Waals surface area contributed by atoms with Crippen molar-refractivity contribution in [1.29, 1.82) is 0 Å². The van der Waals surface area contributed by atoms with Gasteiger partial charge in [-0.25, -0.2) is 0 Å². The molecule has 0 bridgehead atoms. The summed E-state index contributed by atoms with van der Waals surface area (Å²) >= 11 is 0. The third kappa shape index (κ3) is 2.68. The van der Waals surface area contributed by atoms with Crippen LogP contribution in [0.4, 0.5) is 0 Å². The van der Waals surface area contributed by atoms with Crippen LogP contribution in [0.5, 0.6) is 0 Å². The van der Waals surface area contributed by atoms with Crippen LogP contribution in [0.1, 0.15) is 24.5 Å². The van der Waals surface area contributed by atoms with Gasteiger partial charge in [0.2, 0.25) is 5.91 Å². The number of likely N-dealkylation sites (N-methyl/N-ethyl adjacent to an activating group) is 1. The van der Waals surface area contributed by atoms with E-state index in [0.29, 0.717) is 6.04 Å². The molecular formula is C20H26N3O2+. The number of carbonyl (C=O) groups excluding carboxylic acids is 1. The highest BCUT2D eigenvalue weighted by Crippen LogP contribution is 2.37. The highest BCUT2D eigenvalue weighted by molar-refractivity contribution is 5.98. The summed E-state index contributed by atoms with van der Waals surface area (Å²) in [5.41, 5.74) is 5.10. The number of amides is 1. The summed E-state index contributed by atoms with van der Waals surface area (Å²) in [4.78, 5) is 17.4. The molecule has 1 aromatic carbocycles.